The minimum Gasteiger partial charge on any atom is -0.378 e. The number of hydrogen-bond acceptors (Lipinski definition) is 5. The lowest BCUT2D eigenvalue weighted by Crippen LogP contribution is -2.48. The van der Waals surface area contributed by atoms with Crippen LogP contribution < -0.4 is 10.6 Å². The fraction of sp³-hybridized carbons (Fsp3) is 0.357. The van der Waals surface area contributed by atoms with Gasteiger partial charge in [-0.2, -0.15) is 5.10 Å². The van der Waals surface area contributed by atoms with E-state index in [1.165, 1.54) is 0 Å². The van der Waals surface area contributed by atoms with E-state index in [-0.39, 0.29) is 11.9 Å². The van der Waals surface area contributed by atoms with Gasteiger partial charge in [0.15, 0.2) is 5.82 Å². The highest BCUT2D eigenvalue weighted by Gasteiger charge is 2.21. The van der Waals surface area contributed by atoms with Crippen LogP contribution in [0.5, 0.6) is 0 Å². The lowest BCUT2D eigenvalue weighted by atomic mass is 10.2. The largest absolute Gasteiger partial charge is 0.378 e. The van der Waals surface area contributed by atoms with Gasteiger partial charge in [-0.05, 0) is 19.1 Å². The smallest absolute Gasteiger partial charge is 0.243 e. The second-order valence-corrected chi connectivity index (χ2v) is 4.90. The molecule has 0 aliphatic carbocycles. The lowest BCUT2D eigenvalue weighted by Gasteiger charge is -2.22. The van der Waals surface area contributed by atoms with Gasteiger partial charge in [0.05, 0.1) is 13.2 Å². The van der Waals surface area contributed by atoms with Crippen molar-refractivity contribution in [2.24, 2.45) is 0 Å². The number of morpholine rings is 1. The van der Waals surface area contributed by atoms with Crippen LogP contribution in [0.4, 0.5) is 5.69 Å². The highest BCUT2D eigenvalue weighted by atomic mass is 16.5. The van der Waals surface area contributed by atoms with Gasteiger partial charge in [0.2, 0.25) is 5.91 Å². The number of carbonyl (C=O) groups excluding carboxylic acids is 1. The van der Waals surface area contributed by atoms with Crippen molar-refractivity contribution >= 4 is 11.6 Å². The van der Waals surface area contributed by atoms with E-state index in [1.807, 2.05) is 31.2 Å². The van der Waals surface area contributed by atoms with Crippen LogP contribution in [0.3, 0.4) is 0 Å². The van der Waals surface area contributed by atoms with Crippen molar-refractivity contribution in [2.45, 2.75) is 13.0 Å². The van der Waals surface area contributed by atoms with E-state index in [0.29, 0.717) is 31.3 Å². The van der Waals surface area contributed by atoms with Crippen molar-refractivity contribution in [3.05, 3.63) is 30.1 Å². The number of nitrogens with one attached hydrogen (secondary N) is 3. The molecule has 0 bridgehead atoms. The molecule has 1 fully saturated rings. The van der Waals surface area contributed by atoms with Crippen molar-refractivity contribution in [1.29, 1.82) is 0 Å². The van der Waals surface area contributed by atoms with Crippen molar-refractivity contribution in [1.82, 2.24) is 20.5 Å². The van der Waals surface area contributed by atoms with Gasteiger partial charge >= 0.3 is 0 Å². The second-order valence-electron chi connectivity index (χ2n) is 4.90. The van der Waals surface area contributed by atoms with E-state index in [9.17, 15) is 4.79 Å². The standard InChI is InChI=1S/C14H17N5O2/c1-9-16-13(19-18-9)10-3-2-4-11(7-10)17-14(20)12-8-21-6-5-15-12/h2-4,7,12,15H,5-6,8H2,1H3,(H,17,20)(H,16,18,19). The molecule has 0 spiro atoms. The number of hydrogen-bond donors (Lipinski definition) is 3. The van der Waals surface area contributed by atoms with E-state index < -0.39 is 0 Å². The summed E-state index contributed by atoms with van der Waals surface area (Å²) < 4.78 is 5.29. The zero-order chi connectivity index (χ0) is 14.7. The first-order valence-electron chi connectivity index (χ1n) is 6.84. The summed E-state index contributed by atoms with van der Waals surface area (Å²) in [5.74, 6) is 1.27. The van der Waals surface area contributed by atoms with E-state index in [2.05, 4.69) is 25.8 Å². The number of aromatic nitrogens is 3. The number of carbonyl (C=O) groups is 1. The third-order valence-electron chi connectivity index (χ3n) is 3.22. The van der Waals surface area contributed by atoms with Crippen molar-refractivity contribution < 1.29 is 9.53 Å². The van der Waals surface area contributed by atoms with Crippen LogP contribution in [0.1, 0.15) is 5.82 Å². The van der Waals surface area contributed by atoms with E-state index in [1.54, 1.807) is 0 Å². The predicted molar refractivity (Wildman–Crippen MR) is 77.8 cm³/mol. The van der Waals surface area contributed by atoms with Gasteiger partial charge in [-0.25, -0.2) is 4.98 Å². The van der Waals surface area contributed by atoms with E-state index >= 15 is 0 Å². The normalized spacial score (nSPS) is 18.4. The molecule has 0 radical (unpaired) electrons. The Balaban J connectivity index is 1.72. The van der Waals surface area contributed by atoms with Gasteiger partial charge < -0.3 is 15.4 Å². The van der Waals surface area contributed by atoms with Gasteiger partial charge in [-0.3, -0.25) is 9.89 Å². The average molecular weight is 287 g/mol. The van der Waals surface area contributed by atoms with Gasteiger partial charge in [0.25, 0.3) is 0 Å². The monoisotopic (exact) mass is 287 g/mol. The molecule has 7 nitrogen and oxygen atoms in total. The Morgan fingerprint density at radius 2 is 2.38 bits per heavy atom. The van der Waals surface area contributed by atoms with Crippen molar-refractivity contribution in [3.8, 4) is 11.4 Å². The van der Waals surface area contributed by atoms with Gasteiger partial charge in [-0.1, -0.05) is 12.1 Å². The number of H-pyrrole nitrogens is 1. The minimum absolute atomic E-state index is 0.0991. The Hall–Kier alpha value is -2.25. The number of aryl methyl sites for hydroxylation is 1. The summed E-state index contributed by atoms with van der Waals surface area (Å²) in [7, 11) is 0. The molecule has 1 amide bonds. The molecular weight excluding hydrogens is 270 g/mol. The molecule has 2 aromatic rings. The summed E-state index contributed by atoms with van der Waals surface area (Å²) in [5, 5.41) is 12.9. The fourth-order valence-corrected chi connectivity index (χ4v) is 2.17. The molecule has 1 unspecified atom stereocenters. The third kappa shape index (κ3) is 3.26. The summed E-state index contributed by atoms with van der Waals surface area (Å²) in [6, 6.07) is 7.14. The molecule has 2 heterocycles. The number of nitrogens with zero attached hydrogens (tertiary/aromatic N) is 2. The fourth-order valence-electron chi connectivity index (χ4n) is 2.17. The first kappa shape index (κ1) is 13.7. The third-order valence-corrected chi connectivity index (χ3v) is 3.22. The number of ether oxygens (including phenoxy) is 1. The molecular formula is C14H17N5O2. The molecule has 3 N–H and O–H groups in total. The molecule has 21 heavy (non-hydrogen) atoms. The number of rotatable bonds is 3. The topological polar surface area (TPSA) is 91.9 Å². The molecule has 0 saturated carbocycles. The Kier molecular flexibility index (Phi) is 3.94. The number of amides is 1. The first-order chi connectivity index (χ1) is 10.2. The second kappa shape index (κ2) is 6.02. The van der Waals surface area contributed by atoms with Crippen molar-refractivity contribution in [3.63, 3.8) is 0 Å². The SMILES string of the molecule is Cc1nc(-c2cccc(NC(=O)C3COCCN3)c2)n[nH]1. The number of benzene rings is 1. The minimum atomic E-state index is -0.312. The highest BCUT2D eigenvalue weighted by Crippen LogP contribution is 2.19. The molecule has 7 heteroatoms. The molecule has 1 atom stereocenters. The van der Waals surface area contributed by atoms with Crippen LogP contribution in [-0.4, -0.2) is 46.9 Å². The van der Waals surface area contributed by atoms with Gasteiger partial charge in [0, 0.05) is 17.8 Å². The van der Waals surface area contributed by atoms with E-state index in [0.717, 1.165) is 11.4 Å². The average Bonchev–Trinajstić information content (AvgIpc) is 2.95. The van der Waals surface area contributed by atoms with Crippen LogP contribution in [0.15, 0.2) is 24.3 Å². The summed E-state index contributed by atoms with van der Waals surface area (Å²) in [5.41, 5.74) is 1.57. The summed E-state index contributed by atoms with van der Waals surface area (Å²) in [4.78, 5) is 16.4. The van der Waals surface area contributed by atoms with Crippen LogP contribution in [-0.2, 0) is 9.53 Å². The summed E-state index contributed by atoms with van der Waals surface area (Å²) >= 11 is 0. The lowest BCUT2D eigenvalue weighted by molar-refractivity contribution is -0.120. The molecule has 1 aromatic heterocycles. The summed E-state index contributed by atoms with van der Waals surface area (Å²) in [6.07, 6.45) is 0. The molecule has 1 aliphatic heterocycles. The zero-order valence-electron chi connectivity index (χ0n) is 11.7. The van der Waals surface area contributed by atoms with Crippen molar-refractivity contribution in [2.75, 3.05) is 25.1 Å². The quantitative estimate of drug-likeness (QED) is 0.773. The summed E-state index contributed by atoms with van der Waals surface area (Å²) in [6.45, 7) is 3.57. The maximum Gasteiger partial charge on any atom is 0.243 e. The number of aromatic amines is 1. The molecule has 1 aliphatic rings. The van der Waals surface area contributed by atoms with Gasteiger partial charge in [-0.15, -0.1) is 0 Å². The van der Waals surface area contributed by atoms with Gasteiger partial charge in [0.1, 0.15) is 11.9 Å². The van der Waals surface area contributed by atoms with Crippen LogP contribution >= 0.6 is 0 Å². The Morgan fingerprint density at radius 1 is 1.48 bits per heavy atom. The van der Waals surface area contributed by atoms with Crippen LogP contribution in [0.2, 0.25) is 0 Å². The molecule has 1 aromatic carbocycles. The predicted octanol–water partition coefficient (Wildman–Crippen LogP) is 0.707. The Bertz CT molecular complexity index is 634. The molecule has 3 rings (SSSR count). The zero-order valence-corrected chi connectivity index (χ0v) is 11.7. The molecule has 1 saturated heterocycles. The highest BCUT2D eigenvalue weighted by molar-refractivity contribution is 5.95. The van der Waals surface area contributed by atoms with Crippen LogP contribution in [0.25, 0.3) is 11.4 Å². The first-order valence-corrected chi connectivity index (χ1v) is 6.84. The maximum absolute atomic E-state index is 12.1. The maximum atomic E-state index is 12.1. The Morgan fingerprint density at radius 3 is 3.10 bits per heavy atom. The molecule has 110 valence electrons. The van der Waals surface area contributed by atoms with E-state index in [4.69, 9.17) is 4.74 Å². The Labute approximate surface area is 122 Å². The number of anilines is 1. The van der Waals surface area contributed by atoms with Crippen LogP contribution in [0, 0.1) is 6.92 Å².